The van der Waals surface area contributed by atoms with Crippen LogP contribution < -0.4 is 10.2 Å². The van der Waals surface area contributed by atoms with Crippen molar-refractivity contribution in [2.75, 3.05) is 13.2 Å². The molecule has 1 heterocycles. The second kappa shape index (κ2) is 8.50. The molecule has 1 saturated carbocycles. The Hall–Kier alpha value is -2.83. The fourth-order valence-electron chi connectivity index (χ4n) is 3.50. The van der Waals surface area contributed by atoms with Gasteiger partial charge in [0.1, 0.15) is 18.1 Å². The van der Waals surface area contributed by atoms with E-state index in [2.05, 4.69) is 0 Å². The monoisotopic (exact) mass is 428 g/mol. The molecular formula is C23H21ClO6. The Morgan fingerprint density at radius 1 is 1.20 bits per heavy atom. The Kier molecular flexibility index (Phi) is 5.79. The number of carboxylic acid groups (broad SMARTS) is 1. The normalized spacial score (nSPS) is 18.2. The topological polar surface area (TPSA) is 86.0 Å². The molecule has 0 saturated heterocycles. The molecule has 6 nitrogen and oxygen atoms in total. The van der Waals surface area contributed by atoms with Gasteiger partial charge in [0.2, 0.25) is 0 Å². The maximum Gasteiger partial charge on any atom is 0.306 e. The van der Waals surface area contributed by atoms with Gasteiger partial charge in [-0.05, 0) is 49.6 Å². The summed E-state index contributed by atoms with van der Waals surface area (Å²) in [5, 5.41) is 9.71. The fraction of sp³-hybridized carbons (Fsp3) is 0.304. The van der Waals surface area contributed by atoms with Gasteiger partial charge in [-0.2, -0.15) is 0 Å². The van der Waals surface area contributed by atoms with Gasteiger partial charge in [-0.25, -0.2) is 0 Å². The summed E-state index contributed by atoms with van der Waals surface area (Å²) < 4.78 is 17.5. The quantitative estimate of drug-likeness (QED) is 0.550. The number of hydrogen-bond acceptors (Lipinski definition) is 5. The zero-order valence-electron chi connectivity index (χ0n) is 16.4. The highest BCUT2D eigenvalue weighted by Gasteiger charge is 2.34. The van der Waals surface area contributed by atoms with E-state index in [0.29, 0.717) is 59.1 Å². The number of fused-ring (bicyclic) bond motifs is 1. The Balaban J connectivity index is 1.50. The lowest BCUT2D eigenvalue weighted by Gasteiger charge is -2.32. The number of aliphatic carboxylic acids is 1. The number of hydrogen-bond donors (Lipinski definition) is 1. The summed E-state index contributed by atoms with van der Waals surface area (Å²) in [6, 6.07) is 12.1. The average Bonchev–Trinajstić information content (AvgIpc) is 2.67. The van der Waals surface area contributed by atoms with Crippen molar-refractivity contribution in [1.29, 1.82) is 0 Å². The highest BCUT2D eigenvalue weighted by molar-refractivity contribution is 6.34. The van der Waals surface area contributed by atoms with E-state index in [1.807, 2.05) is 25.1 Å². The van der Waals surface area contributed by atoms with E-state index in [-0.39, 0.29) is 17.5 Å². The van der Waals surface area contributed by atoms with Crippen LogP contribution in [0.4, 0.5) is 0 Å². The molecule has 1 aliphatic rings. The molecule has 0 unspecified atom stereocenters. The molecule has 0 atom stereocenters. The van der Waals surface area contributed by atoms with Crippen LogP contribution in [0.3, 0.4) is 0 Å². The molecule has 1 fully saturated rings. The van der Waals surface area contributed by atoms with Crippen LogP contribution in [0.1, 0.15) is 18.4 Å². The van der Waals surface area contributed by atoms with Crippen molar-refractivity contribution in [3.05, 3.63) is 63.3 Å². The predicted octanol–water partition coefficient (Wildman–Crippen LogP) is 4.68. The summed E-state index contributed by atoms with van der Waals surface area (Å²) in [7, 11) is 0. The summed E-state index contributed by atoms with van der Waals surface area (Å²) in [5.41, 5.74) is 1.81. The van der Waals surface area contributed by atoms with Crippen LogP contribution in [0, 0.1) is 12.8 Å². The minimum atomic E-state index is -0.771. The van der Waals surface area contributed by atoms with E-state index in [9.17, 15) is 9.59 Å². The van der Waals surface area contributed by atoms with E-state index in [4.69, 9.17) is 30.6 Å². The third-order valence-electron chi connectivity index (χ3n) is 5.25. The molecule has 156 valence electrons. The van der Waals surface area contributed by atoms with Gasteiger partial charge in [0.15, 0.2) is 11.0 Å². The molecule has 1 aromatic heterocycles. The third kappa shape index (κ3) is 4.20. The number of rotatable bonds is 7. The van der Waals surface area contributed by atoms with Crippen molar-refractivity contribution in [2.45, 2.75) is 25.9 Å². The van der Waals surface area contributed by atoms with Crippen LogP contribution in [-0.4, -0.2) is 30.4 Å². The smallest absolute Gasteiger partial charge is 0.306 e. The number of ether oxygens (including phenoxy) is 2. The van der Waals surface area contributed by atoms with E-state index >= 15 is 0 Å². The van der Waals surface area contributed by atoms with Crippen molar-refractivity contribution >= 4 is 28.5 Å². The highest BCUT2D eigenvalue weighted by Crippen LogP contribution is 2.34. The largest absolute Gasteiger partial charge is 0.490 e. The average molecular weight is 429 g/mol. The summed E-state index contributed by atoms with van der Waals surface area (Å²) in [5.74, 6) is -0.126. The van der Waals surface area contributed by atoms with Crippen LogP contribution in [0.2, 0.25) is 5.02 Å². The number of carbonyl (C=O) groups is 1. The van der Waals surface area contributed by atoms with Crippen molar-refractivity contribution in [3.8, 4) is 17.1 Å². The SMILES string of the molecule is Cc1ccc(-c2cc(=O)c3cccc(Cl)c3o2)c(OCCOC2CC(C(=O)O)C2)c1. The van der Waals surface area contributed by atoms with E-state index in [1.165, 1.54) is 6.07 Å². The van der Waals surface area contributed by atoms with Crippen molar-refractivity contribution in [1.82, 2.24) is 0 Å². The molecule has 0 amide bonds. The molecule has 30 heavy (non-hydrogen) atoms. The summed E-state index contributed by atoms with van der Waals surface area (Å²) >= 11 is 6.22. The van der Waals surface area contributed by atoms with Crippen LogP contribution in [0.25, 0.3) is 22.3 Å². The molecule has 2 aromatic carbocycles. The van der Waals surface area contributed by atoms with Gasteiger partial charge >= 0.3 is 5.97 Å². The summed E-state index contributed by atoms with van der Waals surface area (Å²) in [4.78, 5) is 23.4. The van der Waals surface area contributed by atoms with Gasteiger partial charge in [0.05, 0.1) is 34.6 Å². The van der Waals surface area contributed by atoms with Gasteiger partial charge in [-0.1, -0.05) is 23.7 Å². The van der Waals surface area contributed by atoms with Crippen molar-refractivity contribution in [3.63, 3.8) is 0 Å². The second-order valence-corrected chi connectivity index (χ2v) is 7.85. The molecule has 1 N–H and O–H groups in total. The van der Waals surface area contributed by atoms with Crippen LogP contribution in [0.15, 0.2) is 51.7 Å². The van der Waals surface area contributed by atoms with E-state index in [0.717, 1.165) is 5.56 Å². The molecular weight excluding hydrogens is 408 g/mol. The maximum absolute atomic E-state index is 12.5. The molecule has 4 rings (SSSR count). The number of benzene rings is 2. The Morgan fingerprint density at radius 3 is 2.77 bits per heavy atom. The van der Waals surface area contributed by atoms with Crippen LogP contribution >= 0.6 is 11.6 Å². The zero-order valence-corrected chi connectivity index (χ0v) is 17.1. The van der Waals surface area contributed by atoms with Crippen molar-refractivity contribution in [2.24, 2.45) is 5.92 Å². The van der Waals surface area contributed by atoms with E-state index < -0.39 is 5.97 Å². The molecule has 0 bridgehead atoms. The highest BCUT2D eigenvalue weighted by atomic mass is 35.5. The first-order valence-corrected chi connectivity index (χ1v) is 10.1. The standard InChI is InChI=1S/C23H21ClO6/c1-13-5-6-17(21-12-19(25)16-3-2-4-18(24)22(16)30-21)20(9-13)29-8-7-28-15-10-14(11-15)23(26)27/h2-6,9,12,14-15H,7-8,10-11H2,1H3,(H,26,27). The van der Waals surface area contributed by atoms with Gasteiger partial charge < -0.3 is 19.0 Å². The number of halogens is 1. The minimum Gasteiger partial charge on any atom is -0.490 e. The minimum absolute atomic E-state index is 0.0349. The van der Waals surface area contributed by atoms with Gasteiger partial charge in [0.25, 0.3) is 0 Å². The van der Waals surface area contributed by atoms with Crippen molar-refractivity contribution < 1.29 is 23.8 Å². The molecule has 0 spiro atoms. The van der Waals surface area contributed by atoms with Crippen LogP contribution in [0.5, 0.6) is 5.75 Å². The molecule has 0 aliphatic heterocycles. The molecule has 7 heteroatoms. The van der Waals surface area contributed by atoms with Gasteiger partial charge in [-0.3, -0.25) is 9.59 Å². The summed E-state index contributed by atoms with van der Waals surface area (Å²) in [6.45, 7) is 2.59. The lowest BCUT2D eigenvalue weighted by molar-refractivity contribution is -0.151. The lowest BCUT2D eigenvalue weighted by Crippen LogP contribution is -2.37. The first kappa shape index (κ1) is 20.4. The number of aryl methyl sites for hydroxylation is 1. The lowest BCUT2D eigenvalue weighted by atomic mass is 9.82. The predicted molar refractivity (Wildman–Crippen MR) is 113 cm³/mol. The second-order valence-electron chi connectivity index (χ2n) is 7.44. The number of para-hydroxylation sites is 1. The zero-order chi connectivity index (χ0) is 21.3. The first-order chi connectivity index (χ1) is 14.4. The Bertz CT molecular complexity index is 1150. The van der Waals surface area contributed by atoms with Gasteiger partial charge in [0, 0.05) is 6.07 Å². The van der Waals surface area contributed by atoms with Crippen LogP contribution in [-0.2, 0) is 9.53 Å². The molecule has 0 radical (unpaired) electrons. The Labute approximate surface area is 178 Å². The van der Waals surface area contributed by atoms with E-state index in [1.54, 1.807) is 18.2 Å². The third-order valence-corrected chi connectivity index (χ3v) is 5.55. The summed E-state index contributed by atoms with van der Waals surface area (Å²) in [6.07, 6.45) is 1.04. The maximum atomic E-state index is 12.5. The first-order valence-electron chi connectivity index (χ1n) is 9.73. The Morgan fingerprint density at radius 2 is 2.00 bits per heavy atom. The fourth-order valence-corrected chi connectivity index (χ4v) is 3.71. The number of carboxylic acids is 1. The van der Waals surface area contributed by atoms with Gasteiger partial charge in [-0.15, -0.1) is 0 Å². The molecule has 1 aliphatic carbocycles. The molecule has 3 aromatic rings.